The van der Waals surface area contributed by atoms with Crippen LogP contribution in [0.5, 0.6) is 23.0 Å². The third-order valence-electron chi connectivity index (χ3n) is 3.45. The third-order valence-corrected chi connectivity index (χ3v) is 4.60. The number of pyridine rings is 1. The summed E-state index contributed by atoms with van der Waals surface area (Å²) < 4.78 is 30.7. The predicted octanol–water partition coefficient (Wildman–Crippen LogP) is 3.78. The topological polar surface area (TPSA) is 92.5 Å². The molecule has 1 unspecified atom stereocenters. The number of rotatable bonds is 4. The fourth-order valence-corrected chi connectivity index (χ4v) is 2.96. The number of phenols is 1. The maximum atomic E-state index is 12.0. The van der Waals surface area contributed by atoms with Crippen LogP contribution in [0.3, 0.4) is 0 Å². The van der Waals surface area contributed by atoms with Crippen molar-refractivity contribution < 1.29 is 18.8 Å². The summed E-state index contributed by atoms with van der Waals surface area (Å²) in [5.41, 5.74) is 0.659. The van der Waals surface area contributed by atoms with E-state index < -0.39 is 9.73 Å². The SMILES string of the molecule is COc1cc(O)cc(Oc2ccnc3ccc(S(C)(=N)=O)cc23)c1. The van der Waals surface area contributed by atoms with Gasteiger partial charge in [-0.3, -0.25) is 4.98 Å². The van der Waals surface area contributed by atoms with Crippen molar-refractivity contribution >= 4 is 20.6 Å². The highest BCUT2D eigenvalue weighted by Gasteiger charge is 2.10. The van der Waals surface area contributed by atoms with Crippen molar-refractivity contribution in [2.45, 2.75) is 4.90 Å². The van der Waals surface area contributed by atoms with Gasteiger partial charge in [0.2, 0.25) is 0 Å². The van der Waals surface area contributed by atoms with Crippen molar-refractivity contribution in [3.63, 3.8) is 0 Å². The Balaban J connectivity index is 2.11. The molecule has 0 fully saturated rings. The van der Waals surface area contributed by atoms with Gasteiger partial charge in [-0.2, -0.15) is 0 Å². The van der Waals surface area contributed by atoms with Crippen LogP contribution in [0.1, 0.15) is 0 Å². The lowest BCUT2D eigenvalue weighted by atomic mass is 10.2. The molecule has 0 spiro atoms. The minimum Gasteiger partial charge on any atom is -0.508 e. The molecular formula is C17H16N2O4S. The van der Waals surface area contributed by atoms with Crippen LogP contribution in [0, 0.1) is 4.78 Å². The molecule has 0 saturated heterocycles. The van der Waals surface area contributed by atoms with E-state index in [1.165, 1.54) is 25.5 Å². The van der Waals surface area contributed by atoms with Gasteiger partial charge < -0.3 is 14.6 Å². The zero-order valence-electron chi connectivity index (χ0n) is 13.1. The molecule has 24 heavy (non-hydrogen) atoms. The zero-order chi connectivity index (χ0) is 17.3. The fraction of sp³-hybridized carbons (Fsp3) is 0.118. The van der Waals surface area contributed by atoms with Crippen LogP contribution in [0.15, 0.2) is 53.6 Å². The monoisotopic (exact) mass is 344 g/mol. The Morgan fingerprint density at radius 3 is 2.58 bits per heavy atom. The highest BCUT2D eigenvalue weighted by Crippen LogP contribution is 2.34. The first-order valence-electron chi connectivity index (χ1n) is 7.05. The van der Waals surface area contributed by atoms with E-state index in [1.54, 1.807) is 36.5 Å². The summed E-state index contributed by atoms with van der Waals surface area (Å²) in [4.78, 5) is 4.65. The van der Waals surface area contributed by atoms with E-state index in [0.717, 1.165) is 0 Å². The van der Waals surface area contributed by atoms with Gasteiger partial charge in [-0.1, -0.05) is 0 Å². The minimum absolute atomic E-state index is 0.0196. The van der Waals surface area contributed by atoms with Gasteiger partial charge in [0.15, 0.2) is 0 Å². The van der Waals surface area contributed by atoms with Crippen LogP contribution >= 0.6 is 0 Å². The molecule has 1 aromatic heterocycles. The van der Waals surface area contributed by atoms with Gasteiger partial charge in [-0.25, -0.2) is 8.99 Å². The maximum Gasteiger partial charge on any atom is 0.138 e. The summed E-state index contributed by atoms with van der Waals surface area (Å²) in [7, 11) is -1.35. The number of phenolic OH excluding ortho intramolecular Hbond substituents is 1. The number of ether oxygens (including phenoxy) is 2. The molecule has 0 saturated carbocycles. The molecule has 0 aliphatic carbocycles. The molecule has 0 aliphatic rings. The Bertz CT molecular complexity index is 1020. The fourth-order valence-electron chi connectivity index (χ4n) is 2.29. The summed E-state index contributed by atoms with van der Waals surface area (Å²) in [6, 6.07) is 11.2. The van der Waals surface area contributed by atoms with Crippen molar-refractivity contribution in [2.24, 2.45) is 0 Å². The largest absolute Gasteiger partial charge is 0.508 e. The van der Waals surface area contributed by atoms with Crippen LogP contribution in [0.25, 0.3) is 10.9 Å². The van der Waals surface area contributed by atoms with Gasteiger partial charge in [0.1, 0.15) is 23.0 Å². The number of hydrogen-bond acceptors (Lipinski definition) is 6. The Kier molecular flexibility index (Phi) is 4.02. The van der Waals surface area contributed by atoms with E-state index in [-0.39, 0.29) is 5.75 Å². The van der Waals surface area contributed by atoms with Crippen molar-refractivity contribution in [1.82, 2.24) is 4.98 Å². The number of methoxy groups -OCH3 is 1. The molecule has 6 nitrogen and oxygen atoms in total. The van der Waals surface area contributed by atoms with Crippen molar-refractivity contribution in [3.05, 3.63) is 48.7 Å². The smallest absolute Gasteiger partial charge is 0.138 e. The summed E-state index contributed by atoms with van der Waals surface area (Å²) >= 11 is 0. The molecule has 2 aromatic carbocycles. The average Bonchev–Trinajstić information content (AvgIpc) is 2.53. The summed E-state index contributed by atoms with van der Waals surface area (Å²) in [6.45, 7) is 0. The first kappa shape index (κ1) is 16.1. The first-order chi connectivity index (χ1) is 11.4. The van der Waals surface area contributed by atoms with E-state index in [0.29, 0.717) is 33.0 Å². The van der Waals surface area contributed by atoms with Gasteiger partial charge in [0.05, 0.1) is 22.4 Å². The minimum atomic E-state index is -2.84. The van der Waals surface area contributed by atoms with Gasteiger partial charge in [0.25, 0.3) is 0 Å². The quantitative estimate of drug-likeness (QED) is 0.751. The normalized spacial score (nSPS) is 13.4. The lowest BCUT2D eigenvalue weighted by molar-refractivity contribution is 0.400. The van der Waals surface area contributed by atoms with Crippen LogP contribution in [-0.4, -0.2) is 27.7 Å². The number of aromatic hydroxyl groups is 1. The lowest BCUT2D eigenvalue weighted by Gasteiger charge is -2.11. The number of nitrogens with one attached hydrogen (secondary N) is 1. The molecule has 1 atom stereocenters. The molecule has 0 bridgehead atoms. The molecule has 3 rings (SSSR count). The van der Waals surface area contributed by atoms with Crippen molar-refractivity contribution in [2.75, 3.05) is 13.4 Å². The number of hydrogen-bond donors (Lipinski definition) is 2. The standard InChI is InChI=1S/C17H16N2O4S/c1-22-12-7-11(20)8-13(9-12)23-17-5-6-19-16-4-3-14(10-15(16)17)24(2,18)21/h3-10,18,20H,1-2H3. The van der Waals surface area contributed by atoms with Gasteiger partial charge in [-0.15, -0.1) is 0 Å². The lowest BCUT2D eigenvalue weighted by Crippen LogP contribution is -1.96. The molecule has 3 aromatic rings. The van der Waals surface area contributed by atoms with Crippen LogP contribution in [-0.2, 0) is 9.73 Å². The maximum absolute atomic E-state index is 12.0. The van der Waals surface area contributed by atoms with E-state index >= 15 is 0 Å². The van der Waals surface area contributed by atoms with E-state index in [1.807, 2.05) is 0 Å². The Hall–Kier alpha value is -2.80. The summed E-state index contributed by atoms with van der Waals surface area (Å²) in [6.07, 6.45) is 2.96. The summed E-state index contributed by atoms with van der Waals surface area (Å²) in [5, 5.41) is 10.4. The highest BCUT2D eigenvalue weighted by molar-refractivity contribution is 7.91. The molecule has 0 radical (unpaired) electrons. The van der Waals surface area contributed by atoms with Gasteiger partial charge >= 0.3 is 0 Å². The molecule has 0 aliphatic heterocycles. The first-order valence-corrected chi connectivity index (χ1v) is 9.02. The van der Waals surface area contributed by atoms with E-state index in [2.05, 4.69) is 4.98 Å². The Morgan fingerprint density at radius 2 is 1.88 bits per heavy atom. The third kappa shape index (κ3) is 3.26. The van der Waals surface area contributed by atoms with Crippen LogP contribution < -0.4 is 9.47 Å². The Morgan fingerprint density at radius 1 is 1.12 bits per heavy atom. The average molecular weight is 344 g/mol. The van der Waals surface area contributed by atoms with Crippen LogP contribution in [0.2, 0.25) is 0 Å². The second-order valence-corrected chi connectivity index (χ2v) is 7.46. The molecular weight excluding hydrogens is 328 g/mol. The van der Waals surface area contributed by atoms with E-state index in [9.17, 15) is 9.32 Å². The summed E-state index contributed by atoms with van der Waals surface area (Å²) in [5.74, 6) is 1.36. The highest BCUT2D eigenvalue weighted by atomic mass is 32.2. The molecule has 7 heteroatoms. The molecule has 124 valence electrons. The number of fused-ring (bicyclic) bond motifs is 1. The number of aromatic nitrogens is 1. The molecule has 1 heterocycles. The van der Waals surface area contributed by atoms with Gasteiger partial charge in [0, 0.05) is 40.9 Å². The van der Waals surface area contributed by atoms with Crippen molar-refractivity contribution in [3.8, 4) is 23.0 Å². The molecule has 2 N–H and O–H groups in total. The molecule has 0 amide bonds. The van der Waals surface area contributed by atoms with Crippen LogP contribution in [0.4, 0.5) is 0 Å². The number of benzene rings is 2. The number of nitrogens with zero attached hydrogens (tertiary/aromatic N) is 1. The van der Waals surface area contributed by atoms with Crippen molar-refractivity contribution in [1.29, 1.82) is 4.78 Å². The zero-order valence-corrected chi connectivity index (χ0v) is 14.0. The van der Waals surface area contributed by atoms with Gasteiger partial charge in [-0.05, 0) is 24.3 Å². The van der Waals surface area contributed by atoms with E-state index in [4.69, 9.17) is 14.3 Å². The Labute approximate surface area is 139 Å². The second-order valence-electron chi connectivity index (χ2n) is 5.30. The second kappa shape index (κ2) is 6.01. The predicted molar refractivity (Wildman–Crippen MR) is 91.5 cm³/mol.